The molecule has 4 aliphatic rings. The van der Waals surface area contributed by atoms with E-state index in [1.54, 1.807) is 31.2 Å². The maximum absolute atomic E-state index is 13.8. The predicted molar refractivity (Wildman–Crippen MR) is 299 cm³/mol. The van der Waals surface area contributed by atoms with Crippen LogP contribution in [0.1, 0.15) is 193 Å². The van der Waals surface area contributed by atoms with Crippen molar-refractivity contribution in [1.29, 1.82) is 0 Å². The number of rotatable bonds is 10. The Morgan fingerprint density at radius 2 is 1.03 bits per heavy atom. The summed E-state index contributed by atoms with van der Waals surface area (Å²) in [7, 11) is -6.98. The van der Waals surface area contributed by atoms with Gasteiger partial charge in [-0.25, -0.2) is 45.4 Å². The second-order valence-corrected chi connectivity index (χ2v) is 25.5. The molecule has 6 aromatic rings. The molecule has 2 aromatic carbocycles. The van der Waals surface area contributed by atoms with E-state index in [1.165, 1.54) is 60.3 Å². The Labute approximate surface area is 453 Å². The van der Waals surface area contributed by atoms with E-state index < -0.39 is 31.6 Å². The van der Waals surface area contributed by atoms with Crippen molar-refractivity contribution in [3.63, 3.8) is 0 Å². The largest absolute Gasteiger partial charge is 0.478 e. The van der Waals surface area contributed by atoms with Crippen molar-refractivity contribution in [3.8, 4) is 0 Å². The molecule has 2 aliphatic heterocycles. The van der Waals surface area contributed by atoms with Crippen LogP contribution in [0.5, 0.6) is 0 Å². The minimum absolute atomic E-state index is 0. The van der Waals surface area contributed by atoms with Gasteiger partial charge in [-0.2, -0.15) is 10.2 Å². The number of hydrogen-bond donors (Lipinski definition) is 3. The molecule has 10 rings (SSSR count). The van der Waals surface area contributed by atoms with E-state index in [1.807, 2.05) is 59.5 Å². The first kappa shape index (κ1) is 58.1. The minimum Gasteiger partial charge on any atom is -0.478 e. The number of sulfonamides is 2. The third-order valence-corrected chi connectivity index (χ3v) is 15.4. The van der Waals surface area contributed by atoms with E-state index in [2.05, 4.69) is 36.3 Å². The Hall–Kier alpha value is -6.61. The molecule has 2 saturated heterocycles. The first-order valence-corrected chi connectivity index (χ1v) is 29.9. The molecule has 19 nitrogen and oxygen atoms in total. The van der Waals surface area contributed by atoms with Crippen LogP contribution < -0.4 is 9.44 Å². The number of fused-ring (bicyclic) bond motifs is 2. The summed E-state index contributed by atoms with van der Waals surface area (Å²) in [5.41, 5.74) is 12.4. The van der Waals surface area contributed by atoms with Crippen LogP contribution in [-0.2, 0) is 24.8 Å². The zero-order chi connectivity index (χ0) is 55.2. The standard InChI is InChI=1S/C25H31N5O3S.C21H30N4O2.C9H11NO4S.CH4/c1-15-8-11-20(28-34(4,32)33)19(13-15)25(31)29-12-6-5-7-22(29)21-14-23-26-17(3)16(2)24(18-9-10-18)30(23)27-21;1-13-14(2)22-18-12-16(23-25(18)19(13)15-9-10-15)17-8-6-7-11-24(17)20(26)27-21(3,4)5;1-6-3-4-8(10-15(2,13)14)7(5-6)9(11)12;/h8,11,13-14,18,22,28H,5-7,9-10,12H2,1-4H3;12,15,17H,6-11H2,1-5H3;3-5,10H,1-2H3,(H,11,12);1H4/t22-;17-;;/m00../s1. The quantitative estimate of drug-likeness (QED) is 0.116. The fourth-order valence-corrected chi connectivity index (χ4v) is 11.3. The number of nitrogens with one attached hydrogen (secondary N) is 2. The van der Waals surface area contributed by atoms with Gasteiger partial charge in [0.25, 0.3) is 5.91 Å². The smallest absolute Gasteiger partial charge is 0.410 e. The molecule has 0 bridgehead atoms. The predicted octanol–water partition coefficient (Wildman–Crippen LogP) is 10.7. The van der Waals surface area contributed by atoms with Crippen LogP contribution in [0.3, 0.4) is 0 Å². The lowest BCUT2D eigenvalue weighted by atomic mass is 9.97. The highest BCUT2D eigenvalue weighted by Gasteiger charge is 2.37. The molecule has 0 radical (unpaired) electrons. The Balaban J connectivity index is 0.000000179. The van der Waals surface area contributed by atoms with E-state index in [0.717, 1.165) is 96.2 Å². The van der Waals surface area contributed by atoms with Crippen LogP contribution in [0.4, 0.5) is 16.2 Å². The zero-order valence-corrected chi connectivity index (χ0v) is 47.2. The van der Waals surface area contributed by atoms with Gasteiger partial charge in [0.05, 0.1) is 69.9 Å². The van der Waals surface area contributed by atoms with Crippen molar-refractivity contribution in [2.24, 2.45) is 0 Å². The number of likely N-dealkylation sites (tertiary alicyclic amines) is 2. The number of aryl methyl sites for hydroxylation is 4. The molecular weight excluding hydrogens is 1020 g/mol. The molecule has 21 heteroatoms. The van der Waals surface area contributed by atoms with E-state index >= 15 is 0 Å². The van der Waals surface area contributed by atoms with E-state index in [0.29, 0.717) is 36.2 Å². The summed E-state index contributed by atoms with van der Waals surface area (Å²) >= 11 is 0. The van der Waals surface area contributed by atoms with Crippen LogP contribution in [0, 0.1) is 41.5 Å². The van der Waals surface area contributed by atoms with Gasteiger partial charge in [-0.15, -0.1) is 0 Å². The number of carboxylic acid groups (broad SMARTS) is 1. The average Bonchev–Trinajstić information content (AvgIpc) is 4.33. The number of ether oxygens (including phenoxy) is 1. The SMILES string of the molecule is C.Cc1ccc(NS(C)(=O)=O)c(C(=O)N2CCCC[C@H]2c2cc3nc(C)c(C)c(C4CC4)n3n2)c1.Cc1ccc(NS(C)(=O)=O)c(C(=O)O)c1.Cc1nc2cc([C@@H]3CCCCN3C(=O)OC(C)(C)C)nn2c(C2CC2)c1C. The summed E-state index contributed by atoms with van der Waals surface area (Å²) in [5, 5.41) is 18.8. The minimum atomic E-state index is -3.52. The molecular formula is C56H76N10O9S2. The summed E-state index contributed by atoms with van der Waals surface area (Å²) in [4.78, 5) is 50.6. The van der Waals surface area contributed by atoms with Gasteiger partial charge in [0.15, 0.2) is 11.3 Å². The van der Waals surface area contributed by atoms with Gasteiger partial charge in [-0.3, -0.25) is 19.1 Å². The van der Waals surface area contributed by atoms with Crippen molar-refractivity contribution in [2.45, 2.75) is 163 Å². The molecule has 2 saturated carbocycles. The normalized spacial score (nSPS) is 17.9. The number of carbonyl (C=O) groups is 3. The molecule has 2 aliphatic carbocycles. The Morgan fingerprint density at radius 3 is 1.44 bits per heavy atom. The van der Waals surface area contributed by atoms with Crippen molar-refractivity contribution >= 4 is 60.7 Å². The number of benzene rings is 2. The van der Waals surface area contributed by atoms with Crippen LogP contribution in [0.15, 0.2) is 48.5 Å². The lowest BCUT2D eigenvalue weighted by Gasteiger charge is -2.35. The maximum atomic E-state index is 13.8. The third kappa shape index (κ3) is 13.9. The topological polar surface area (TPSA) is 240 Å². The van der Waals surface area contributed by atoms with E-state index in [-0.39, 0.29) is 42.8 Å². The Bertz CT molecular complexity index is 3450. The molecule has 4 aromatic heterocycles. The van der Waals surface area contributed by atoms with Gasteiger partial charge < -0.3 is 14.7 Å². The van der Waals surface area contributed by atoms with Crippen LogP contribution in [0.2, 0.25) is 0 Å². The third-order valence-electron chi connectivity index (χ3n) is 14.2. The first-order valence-electron chi connectivity index (χ1n) is 26.1. The van der Waals surface area contributed by atoms with Crippen LogP contribution in [-0.4, -0.2) is 110 Å². The zero-order valence-electron chi connectivity index (χ0n) is 45.5. The summed E-state index contributed by atoms with van der Waals surface area (Å²) < 4.78 is 60.1. The Kier molecular flexibility index (Phi) is 17.2. The number of nitrogens with zero attached hydrogens (tertiary/aromatic N) is 8. The van der Waals surface area contributed by atoms with Gasteiger partial charge in [0, 0.05) is 48.4 Å². The van der Waals surface area contributed by atoms with E-state index in [4.69, 9.17) is 30.0 Å². The highest BCUT2D eigenvalue weighted by molar-refractivity contribution is 7.92. The Morgan fingerprint density at radius 1 is 0.610 bits per heavy atom. The van der Waals surface area contributed by atoms with Crippen LogP contribution in [0.25, 0.3) is 11.3 Å². The number of aromatic carboxylic acids is 1. The highest BCUT2D eigenvalue weighted by Crippen LogP contribution is 2.44. The van der Waals surface area contributed by atoms with Crippen LogP contribution >= 0.6 is 0 Å². The van der Waals surface area contributed by atoms with Crippen molar-refractivity contribution in [3.05, 3.63) is 116 Å². The number of anilines is 2. The number of carboxylic acids is 1. The molecule has 6 heterocycles. The molecule has 77 heavy (non-hydrogen) atoms. The maximum Gasteiger partial charge on any atom is 0.410 e. The molecule has 0 unspecified atom stereocenters. The number of piperidine rings is 2. The number of aromatic nitrogens is 6. The lowest BCUT2D eigenvalue weighted by molar-refractivity contribution is 0.00893. The first-order chi connectivity index (χ1) is 35.7. The van der Waals surface area contributed by atoms with Gasteiger partial charge in [-0.05, 0) is 162 Å². The van der Waals surface area contributed by atoms with Crippen molar-refractivity contribution in [2.75, 3.05) is 35.0 Å². The van der Waals surface area contributed by atoms with Crippen molar-refractivity contribution in [1.82, 2.24) is 39.0 Å². The van der Waals surface area contributed by atoms with Gasteiger partial charge >= 0.3 is 12.1 Å². The molecule has 2 amide bonds. The summed E-state index contributed by atoms with van der Waals surface area (Å²) in [6.07, 6.45) is 12.4. The van der Waals surface area contributed by atoms with Gasteiger partial charge in [0.1, 0.15) is 5.60 Å². The van der Waals surface area contributed by atoms with Gasteiger partial charge in [-0.1, -0.05) is 30.7 Å². The van der Waals surface area contributed by atoms with E-state index in [9.17, 15) is 31.2 Å². The van der Waals surface area contributed by atoms with Gasteiger partial charge in [0.2, 0.25) is 20.0 Å². The fourth-order valence-electron chi connectivity index (χ4n) is 10.2. The fraction of sp³-hybridized carbons (Fsp3) is 0.518. The molecule has 3 N–H and O–H groups in total. The monoisotopic (exact) mass is 1100 g/mol. The number of amides is 2. The molecule has 416 valence electrons. The number of hydrogen-bond acceptors (Lipinski definition) is 12. The molecule has 0 spiro atoms. The number of carbonyl (C=O) groups excluding carboxylic acids is 2. The summed E-state index contributed by atoms with van der Waals surface area (Å²) in [6, 6.07) is 13.6. The second-order valence-electron chi connectivity index (χ2n) is 22.0. The molecule has 4 fully saturated rings. The lowest BCUT2D eigenvalue weighted by Crippen LogP contribution is -2.42. The highest BCUT2D eigenvalue weighted by atomic mass is 32.2. The summed E-state index contributed by atoms with van der Waals surface area (Å²) in [5.74, 6) is -0.225. The van der Waals surface area contributed by atoms with Crippen molar-refractivity contribution < 1.29 is 41.1 Å². The molecule has 2 atom stereocenters. The summed E-state index contributed by atoms with van der Waals surface area (Å²) in [6.45, 7) is 19.0. The average molecular weight is 1100 g/mol. The second kappa shape index (κ2) is 22.8.